The van der Waals surface area contributed by atoms with Gasteiger partial charge in [0, 0.05) is 13.0 Å². The van der Waals surface area contributed by atoms with Gasteiger partial charge in [0.2, 0.25) is 5.91 Å². The van der Waals surface area contributed by atoms with Crippen LogP contribution in [0.5, 0.6) is 0 Å². The van der Waals surface area contributed by atoms with Crippen LogP contribution in [-0.4, -0.2) is 19.0 Å². The molecule has 0 aliphatic rings. The lowest BCUT2D eigenvalue weighted by Gasteiger charge is -2.16. The van der Waals surface area contributed by atoms with E-state index >= 15 is 0 Å². The summed E-state index contributed by atoms with van der Waals surface area (Å²) in [6.07, 6.45) is 3.58. The second-order valence-corrected chi connectivity index (χ2v) is 5.02. The van der Waals surface area contributed by atoms with Gasteiger partial charge in [-0.15, -0.1) is 0 Å². The molecule has 3 N–H and O–H groups in total. The Hall–Kier alpha value is -0.830. The zero-order valence-electron chi connectivity index (χ0n) is 11.0. The second-order valence-electron chi connectivity index (χ2n) is 5.02. The minimum absolute atomic E-state index is 0.105. The van der Waals surface area contributed by atoms with E-state index in [2.05, 4.69) is 19.2 Å². The SMILES string of the molecule is CC(C)=CCNC(=O)C[C@@H](CN)CC(C)C. The van der Waals surface area contributed by atoms with Gasteiger partial charge < -0.3 is 11.1 Å². The van der Waals surface area contributed by atoms with Crippen molar-refractivity contribution >= 4 is 5.91 Å². The largest absolute Gasteiger partial charge is 0.353 e. The van der Waals surface area contributed by atoms with Crippen molar-refractivity contribution in [2.75, 3.05) is 13.1 Å². The number of carbonyl (C=O) groups excluding carboxylic acids is 1. The summed E-state index contributed by atoms with van der Waals surface area (Å²) in [5, 5.41) is 2.88. The van der Waals surface area contributed by atoms with Gasteiger partial charge in [-0.1, -0.05) is 25.5 Å². The van der Waals surface area contributed by atoms with Gasteiger partial charge in [-0.2, -0.15) is 0 Å². The van der Waals surface area contributed by atoms with Crippen molar-refractivity contribution in [3.8, 4) is 0 Å². The molecule has 0 aliphatic carbocycles. The number of allylic oxidation sites excluding steroid dienone is 1. The first-order valence-electron chi connectivity index (χ1n) is 6.05. The molecule has 0 saturated carbocycles. The van der Waals surface area contributed by atoms with E-state index in [0.29, 0.717) is 31.3 Å². The Morgan fingerprint density at radius 3 is 2.44 bits per heavy atom. The van der Waals surface area contributed by atoms with Gasteiger partial charge in [-0.05, 0) is 38.6 Å². The van der Waals surface area contributed by atoms with Crippen molar-refractivity contribution in [3.05, 3.63) is 11.6 Å². The lowest BCUT2D eigenvalue weighted by molar-refractivity contribution is -0.121. The Morgan fingerprint density at radius 1 is 1.38 bits per heavy atom. The number of amides is 1. The van der Waals surface area contributed by atoms with E-state index in [9.17, 15) is 4.79 Å². The fraction of sp³-hybridized carbons (Fsp3) is 0.769. The number of nitrogens with one attached hydrogen (secondary N) is 1. The molecule has 0 rings (SSSR count). The molecule has 0 fully saturated rings. The van der Waals surface area contributed by atoms with E-state index in [4.69, 9.17) is 5.73 Å². The summed E-state index contributed by atoms with van der Waals surface area (Å²) in [7, 11) is 0. The van der Waals surface area contributed by atoms with Crippen LogP contribution >= 0.6 is 0 Å². The van der Waals surface area contributed by atoms with Crippen molar-refractivity contribution in [3.63, 3.8) is 0 Å². The molecule has 0 heterocycles. The number of carbonyl (C=O) groups is 1. The van der Waals surface area contributed by atoms with Crippen molar-refractivity contribution in [2.24, 2.45) is 17.6 Å². The fourth-order valence-corrected chi connectivity index (χ4v) is 1.63. The van der Waals surface area contributed by atoms with E-state index in [0.717, 1.165) is 6.42 Å². The van der Waals surface area contributed by atoms with Gasteiger partial charge in [-0.25, -0.2) is 0 Å². The highest BCUT2D eigenvalue weighted by Crippen LogP contribution is 2.13. The van der Waals surface area contributed by atoms with Gasteiger partial charge in [-0.3, -0.25) is 4.79 Å². The molecule has 0 unspecified atom stereocenters. The van der Waals surface area contributed by atoms with Gasteiger partial charge in [0.1, 0.15) is 0 Å². The summed E-state index contributed by atoms with van der Waals surface area (Å²) in [5.74, 6) is 1.01. The standard InChI is InChI=1S/C13H26N2O/c1-10(2)5-6-15-13(16)8-12(9-14)7-11(3)4/h5,11-12H,6-9,14H2,1-4H3,(H,15,16)/t12-/m0/s1. The maximum atomic E-state index is 11.6. The predicted molar refractivity (Wildman–Crippen MR) is 69.1 cm³/mol. The Morgan fingerprint density at radius 2 is 2.00 bits per heavy atom. The van der Waals surface area contributed by atoms with Crippen LogP contribution in [0.1, 0.15) is 40.5 Å². The summed E-state index contributed by atoms with van der Waals surface area (Å²) < 4.78 is 0. The van der Waals surface area contributed by atoms with E-state index in [1.807, 2.05) is 19.9 Å². The average molecular weight is 226 g/mol. The molecule has 0 spiro atoms. The van der Waals surface area contributed by atoms with E-state index in [1.165, 1.54) is 5.57 Å². The molecule has 0 saturated heterocycles. The van der Waals surface area contributed by atoms with E-state index in [1.54, 1.807) is 0 Å². The fourth-order valence-electron chi connectivity index (χ4n) is 1.63. The molecular weight excluding hydrogens is 200 g/mol. The molecule has 16 heavy (non-hydrogen) atoms. The molecule has 0 radical (unpaired) electrons. The van der Waals surface area contributed by atoms with Crippen LogP contribution in [0.4, 0.5) is 0 Å². The van der Waals surface area contributed by atoms with Gasteiger partial charge in [0.05, 0.1) is 0 Å². The van der Waals surface area contributed by atoms with Crippen LogP contribution in [0.15, 0.2) is 11.6 Å². The van der Waals surface area contributed by atoms with Gasteiger partial charge in [0.25, 0.3) is 0 Å². The predicted octanol–water partition coefficient (Wildman–Crippen LogP) is 2.08. The number of nitrogens with two attached hydrogens (primary N) is 1. The van der Waals surface area contributed by atoms with Crippen LogP contribution in [-0.2, 0) is 4.79 Å². The third-order valence-corrected chi connectivity index (χ3v) is 2.42. The lowest BCUT2D eigenvalue weighted by Crippen LogP contribution is -2.29. The highest BCUT2D eigenvalue weighted by Gasteiger charge is 2.13. The van der Waals surface area contributed by atoms with Crippen molar-refractivity contribution in [1.82, 2.24) is 5.32 Å². The van der Waals surface area contributed by atoms with Crippen LogP contribution in [0.2, 0.25) is 0 Å². The zero-order valence-corrected chi connectivity index (χ0v) is 11.0. The maximum absolute atomic E-state index is 11.6. The Balaban J connectivity index is 3.87. The third-order valence-electron chi connectivity index (χ3n) is 2.42. The summed E-state index contributed by atoms with van der Waals surface area (Å²) in [6.45, 7) is 9.57. The molecule has 0 aromatic carbocycles. The minimum Gasteiger partial charge on any atom is -0.353 e. The van der Waals surface area contributed by atoms with Crippen LogP contribution in [0.25, 0.3) is 0 Å². The van der Waals surface area contributed by atoms with Crippen molar-refractivity contribution < 1.29 is 4.79 Å². The van der Waals surface area contributed by atoms with Gasteiger partial charge in [0.15, 0.2) is 0 Å². The summed E-state index contributed by atoms with van der Waals surface area (Å²) >= 11 is 0. The Bertz CT molecular complexity index is 230. The van der Waals surface area contributed by atoms with Crippen molar-refractivity contribution in [2.45, 2.75) is 40.5 Å². The normalized spacial score (nSPS) is 12.4. The van der Waals surface area contributed by atoms with E-state index < -0.39 is 0 Å². The number of rotatable bonds is 7. The van der Waals surface area contributed by atoms with Crippen molar-refractivity contribution in [1.29, 1.82) is 0 Å². The maximum Gasteiger partial charge on any atom is 0.220 e. The molecule has 0 aromatic heterocycles. The van der Waals surface area contributed by atoms with Crippen LogP contribution in [0, 0.1) is 11.8 Å². The lowest BCUT2D eigenvalue weighted by atomic mass is 9.94. The monoisotopic (exact) mass is 226 g/mol. The average Bonchev–Trinajstić information content (AvgIpc) is 2.15. The number of hydrogen-bond acceptors (Lipinski definition) is 2. The first kappa shape index (κ1) is 15.2. The first-order chi connectivity index (χ1) is 7.45. The molecule has 3 heteroatoms. The highest BCUT2D eigenvalue weighted by atomic mass is 16.1. The quantitative estimate of drug-likeness (QED) is 0.653. The molecule has 0 aliphatic heterocycles. The minimum atomic E-state index is 0.105. The second kappa shape index (κ2) is 8.34. The smallest absolute Gasteiger partial charge is 0.220 e. The topological polar surface area (TPSA) is 55.1 Å². The van der Waals surface area contributed by atoms with E-state index in [-0.39, 0.29) is 5.91 Å². The van der Waals surface area contributed by atoms with Crippen LogP contribution in [0.3, 0.4) is 0 Å². The third kappa shape index (κ3) is 8.48. The summed E-state index contributed by atoms with van der Waals surface area (Å²) in [4.78, 5) is 11.6. The molecular formula is C13H26N2O. The summed E-state index contributed by atoms with van der Waals surface area (Å²) in [5.41, 5.74) is 6.87. The Kier molecular flexibility index (Phi) is 7.90. The summed E-state index contributed by atoms with van der Waals surface area (Å²) in [6, 6.07) is 0. The zero-order chi connectivity index (χ0) is 12.6. The number of hydrogen-bond donors (Lipinski definition) is 2. The molecule has 1 atom stereocenters. The highest BCUT2D eigenvalue weighted by molar-refractivity contribution is 5.76. The van der Waals surface area contributed by atoms with Crippen LogP contribution < -0.4 is 11.1 Å². The molecule has 0 aromatic rings. The molecule has 3 nitrogen and oxygen atoms in total. The van der Waals surface area contributed by atoms with Gasteiger partial charge >= 0.3 is 0 Å². The molecule has 94 valence electrons. The molecule has 0 bridgehead atoms. The first-order valence-corrected chi connectivity index (χ1v) is 6.05. The Labute approximate surface area is 99.5 Å². The molecule has 1 amide bonds.